The lowest BCUT2D eigenvalue weighted by Crippen LogP contribution is -2.48. The van der Waals surface area contributed by atoms with E-state index in [0.29, 0.717) is 0 Å². The summed E-state index contributed by atoms with van der Waals surface area (Å²) in [7, 11) is -3.64. The third kappa shape index (κ3) is 3.58. The van der Waals surface area contributed by atoms with Gasteiger partial charge in [0, 0.05) is 13.1 Å². The molecule has 1 aliphatic rings. The molecule has 0 bridgehead atoms. The van der Waals surface area contributed by atoms with Crippen molar-refractivity contribution in [3.63, 3.8) is 0 Å². The third-order valence-electron chi connectivity index (χ3n) is 3.42. The minimum Gasteiger partial charge on any atom is -0.341 e. The number of sulfonamides is 1. The normalized spacial score (nSPS) is 17.8. The Morgan fingerprint density at radius 3 is 2.35 bits per heavy atom. The number of benzene rings is 1. The van der Waals surface area contributed by atoms with Gasteiger partial charge in [0.15, 0.2) is 0 Å². The summed E-state index contributed by atoms with van der Waals surface area (Å²) < 4.78 is 26.7. The van der Waals surface area contributed by atoms with Gasteiger partial charge in [0.1, 0.15) is 0 Å². The van der Waals surface area contributed by atoms with E-state index >= 15 is 0 Å². The molecule has 110 valence electrons. The summed E-state index contributed by atoms with van der Waals surface area (Å²) in [5, 5.41) is 0. The van der Waals surface area contributed by atoms with Crippen molar-refractivity contribution < 1.29 is 13.2 Å². The molecule has 1 amide bonds. The molecular formula is C14H20N2O3S. The Balaban J connectivity index is 2.03. The molecule has 0 spiro atoms. The maximum absolute atomic E-state index is 12.2. The molecule has 1 atom stereocenters. The van der Waals surface area contributed by atoms with Crippen LogP contribution in [0.1, 0.15) is 26.2 Å². The molecule has 1 aliphatic heterocycles. The number of hydrogen-bond donors (Lipinski definition) is 1. The van der Waals surface area contributed by atoms with Gasteiger partial charge >= 0.3 is 0 Å². The lowest BCUT2D eigenvalue weighted by Gasteiger charge is -2.29. The fourth-order valence-electron chi connectivity index (χ4n) is 2.34. The summed E-state index contributed by atoms with van der Waals surface area (Å²) in [6.07, 6.45) is 3.11. The van der Waals surface area contributed by atoms with Crippen LogP contribution in [0.25, 0.3) is 0 Å². The number of rotatable bonds is 4. The zero-order valence-electron chi connectivity index (χ0n) is 11.6. The van der Waals surface area contributed by atoms with Crippen LogP contribution in [0.4, 0.5) is 0 Å². The predicted octanol–water partition coefficient (Wildman–Crippen LogP) is 1.37. The Morgan fingerprint density at radius 2 is 1.75 bits per heavy atom. The lowest BCUT2D eigenvalue weighted by atomic mass is 10.1. The van der Waals surface area contributed by atoms with Crippen LogP contribution >= 0.6 is 0 Å². The van der Waals surface area contributed by atoms with Crippen molar-refractivity contribution in [1.29, 1.82) is 0 Å². The second-order valence-corrected chi connectivity index (χ2v) is 6.76. The van der Waals surface area contributed by atoms with Crippen molar-refractivity contribution >= 4 is 15.9 Å². The van der Waals surface area contributed by atoms with Crippen LogP contribution in [0, 0.1) is 0 Å². The van der Waals surface area contributed by atoms with Gasteiger partial charge in [-0.05, 0) is 38.3 Å². The smallest absolute Gasteiger partial charge is 0.241 e. The largest absolute Gasteiger partial charge is 0.341 e. The van der Waals surface area contributed by atoms with E-state index in [2.05, 4.69) is 4.72 Å². The number of nitrogens with zero attached hydrogens (tertiary/aromatic N) is 1. The van der Waals surface area contributed by atoms with Gasteiger partial charge in [-0.2, -0.15) is 4.72 Å². The highest BCUT2D eigenvalue weighted by Gasteiger charge is 2.26. The highest BCUT2D eigenvalue weighted by molar-refractivity contribution is 7.89. The van der Waals surface area contributed by atoms with Crippen molar-refractivity contribution in [2.24, 2.45) is 0 Å². The third-order valence-corrected chi connectivity index (χ3v) is 4.98. The van der Waals surface area contributed by atoms with Gasteiger partial charge in [-0.1, -0.05) is 18.2 Å². The maximum atomic E-state index is 12.2. The molecule has 1 aromatic carbocycles. The van der Waals surface area contributed by atoms with Gasteiger partial charge in [-0.15, -0.1) is 0 Å². The van der Waals surface area contributed by atoms with E-state index in [1.165, 1.54) is 12.1 Å². The molecule has 1 N–H and O–H groups in total. The summed E-state index contributed by atoms with van der Waals surface area (Å²) in [6, 6.07) is 7.36. The summed E-state index contributed by atoms with van der Waals surface area (Å²) in [5.74, 6) is -0.149. The first-order chi connectivity index (χ1) is 9.50. The van der Waals surface area contributed by atoms with E-state index in [1.54, 1.807) is 30.0 Å². The Bertz CT molecular complexity index is 551. The molecule has 0 saturated carbocycles. The molecule has 2 rings (SSSR count). The summed E-state index contributed by atoms with van der Waals surface area (Å²) in [5.41, 5.74) is 0. The number of amides is 1. The first-order valence-electron chi connectivity index (χ1n) is 6.87. The molecular weight excluding hydrogens is 276 g/mol. The van der Waals surface area contributed by atoms with E-state index in [4.69, 9.17) is 0 Å². The summed E-state index contributed by atoms with van der Waals surface area (Å²) >= 11 is 0. The van der Waals surface area contributed by atoms with Crippen LogP contribution < -0.4 is 4.72 Å². The Labute approximate surface area is 120 Å². The van der Waals surface area contributed by atoms with Crippen LogP contribution in [0.5, 0.6) is 0 Å². The van der Waals surface area contributed by atoms with Crippen LogP contribution in [-0.4, -0.2) is 38.4 Å². The molecule has 0 aliphatic carbocycles. The first-order valence-corrected chi connectivity index (χ1v) is 8.35. The van der Waals surface area contributed by atoms with Crippen molar-refractivity contribution in [2.45, 2.75) is 37.1 Å². The van der Waals surface area contributed by atoms with Crippen LogP contribution in [0.3, 0.4) is 0 Å². The Kier molecular flexibility index (Phi) is 4.77. The standard InChI is InChI=1S/C14H20N2O3S/c1-12(14(17)16-10-6-3-7-11-16)15-20(18,19)13-8-4-2-5-9-13/h2,4-5,8-9,12,15H,3,6-7,10-11H2,1H3/t12-/m1/s1. The second-order valence-electron chi connectivity index (χ2n) is 5.04. The fraction of sp³-hybridized carbons (Fsp3) is 0.500. The van der Waals surface area contributed by atoms with Crippen LogP contribution in [0.2, 0.25) is 0 Å². The van der Waals surface area contributed by atoms with E-state index in [-0.39, 0.29) is 10.8 Å². The quantitative estimate of drug-likeness (QED) is 0.912. The zero-order valence-corrected chi connectivity index (χ0v) is 12.4. The van der Waals surface area contributed by atoms with Gasteiger partial charge in [0.05, 0.1) is 10.9 Å². The Morgan fingerprint density at radius 1 is 1.15 bits per heavy atom. The number of hydrogen-bond acceptors (Lipinski definition) is 3. The molecule has 0 unspecified atom stereocenters. The molecule has 1 saturated heterocycles. The van der Waals surface area contributed by atoms with Gasteiger partial charge in [0.2, 0.25) is 15.9 Å². The molecule has 5 nitrogen and oxygen atoms in total. The average Bonchev–Trinajstić information content (AvgIpc) is 2.48. The van der Waals surface area contributed by atoms with E-state index < -0.39 is 16.1 Å². The first kappa shape index (κ1) is 15.0. The number of likely N-dealkylation sites (tertiary alicyclic amines) is 1. The number of carbonyl (C=O) groups excluding carboxylic acids is 1. The molecule has 1 heterocycles. The molecule has 0 aromatic heterocycles. The average molecular weight is 296 g/mol. The van der Waals surface area contributed by atoms with Crippen LogP contribution in [-0.2, 0) is 14.8 Å². The van der Waals surface area contributed by atoms with Gasteiger partial charge in [-0.3, -0.25) is 4.79 Å². The van der Waals surface area contributed by atoms with Crippen molar-refractivity contribution in [3.8, 4) is 0 Å². The van der Waals surface area contributed by atoms with Gasteiger partial charge < -0.3 is 4.90 Å². The van der Waals surface area contributed by atoms with Crippen molar-refractivity contribution in [1.82, 2.24) is 9.62 Å². The maximum Gasteiger partial charge on any atom is 0.241 e. The molecule has 20 heavy (non-hydrogen) atoms. The minimum absolute atomic E-state index is 0.149. The SMILES string of the molecule is C[C@@H](NS(=O)(=O)c1ccccc1)C(=O)N1CCCCC1. The minimum atomic E-state index is -3.64. The van der Waals surface area contributed by atoms with Crippen molar-refractivity contribution in [3.05, 3.63) is 30.3 Å². The predicted molar refractivity (Wildman–Crippen MR) is 76.7 cm³/mol. The highest BCUT2D eigenvalue weighted by Crippen LogP contribution is 2.12. The monoisotopic (exact) mass is 296 g/mol. The lowest BCUT2D eigenvalue weighted by molar-refractivity contribution is -0.133. The number of nitrogens with one attached hydrogen (secondary N) is 1. The fourth-order valence-corrected chi connectivity index (χ4v) is 3.56. The molecule has 6 heteroatoms. The van der Waals surface area contributed by atoms with Crippen molar-refractivity contribution in [2.75, 3.05) is 13.1 Å². The van der Waals surface area contributed by atoms with Crippen LogP contribution in [0.15, 0.2) is 35.2 Å². The van der Waals surface area contributed by atoms with E-state index in [1.807, 2.05) is 0 Å². The topological polar surface area (TPSA) is 66.5 Å². The summed E-state index contributed by atoms with van der Waals surface area (Å²) in [6.45, 7) is 3.03. The highest BCUT2D eigenvalue weighted by atomic mass is 32.2. The Hall–Kier alpha value is -1.40. The molecule has 0 radical (unpaired) electrons. The zero-order chi connectivity index (χ0) is 14.6. The number of carbonyl (C=O) groups is 1. The van der Waals surface area contributed by atoms with Gasteiger partial charge in [0.25, 0.3) is 0 Å². The number of piperidine rings is 1. The van der Waals surface area contributed by atoms with E-state index in [0.717, 1.165) is 32.4 Å². The molecule has 1 fully saturated rings. The molecule has 1 aromatic rings. The van der Waals surface area contributed by atoms with Gasteiger partial charge in [-0.25, -0.2) is 8.42 Å². The summed E-state index contributed by atoms with van der Waals surface area (Å²) in [4.78, 5) is 14.1. The second kappa shape index (κ2) is 6.37. The van der Waals surface area contributed by atoms with E-state index in [9.17, 15) is 13.2 Å².